The Bertz CT molecular complexity index is 260. The summed E-state index contributed by atoms with van der Waals surface area (Å²) < 4.78 is 36.4. The third-order valence-electron chi connectivity index (χ3n) is 2.00. The number of rotatable bonds is 4. The molecular formula is C6H11NaO5S. The Hall–Kier alpha value is 0.830. The average Bonchev–Trinajstić information content (AvgIpc) is 2.65. The second-order valence-corrected chi connectivity index (χ2v) is 4.62. The van der Waals surface area contributed by atoms with Gasteiger partial charge < -0.3 is 14.4 Å². The molecule has 1 atom stereocenters. The van der Waals surface area contributed by atoms with E-state index >= 15 is 0 Å². The van der Waals surface area contributed by atoms with E-state index in [4.69, 9.17) is 0 Å². The van der Waals surface area contributed by atoms with Gasteiger partial charge in [-0.1, -0.05) is 0 Å². The third kappa shape index (κ3) is 2.89. The van der Waals surface area contributed by atoms with Crippen LogP contribution >= 0.6 is 0 Å². The zero-order valence-electron chi connectivity index (χ0n) is 7.69. The Morgan fingerprint density at radius 1 is 1.62 bits per heavy atom. The first kappa shape index (κ1) is 13.8. The summed E-state index contributed by atoms with van der Waals surface area (Å²) in [5, 5.41) is 9.46. The van der Waals surface area contributed by atoms with Crippen LogP contribution in [0.1, 0.15) is 12.8 Å². The van der Waals surface area contributed by atoms with Gasteiger partial charge in [0.2, 0.25) is 0 Å². The minimum Gasteiger partial charge on any atom is -0.746 e. The fraction of sp³-hybridized carbons (Fsp3) is 1.00. The molecule has 72 valence electrons. The SMILES string of the molecule is COCC(O)(C1CC1)S(=O)(=O)[O-].[Na+]. The van der Waals surface area contributed by atoms with Crippen molar-refractivity contribution in [2.75, 3.05) is 13.7 Å². The minimum absolute atomic E-state index is 0. The topological polar surface area (TPSA) is 86.7 Å². The van der Waals surface area contributed by atoms with Crippen molar-refractivity contribution in [1.29, 1.82) is 0 Å². The van der Waals surface area contributed by atoms with E-state index in [1.165, 1.54) is 7.11 Å². The molecule has 0 aromatic rings. The summed E-state index contributed by atoms with van der Waals surface area (Å²) in [4.78, 5) is -2.21. The van der Waals surface area contributed by atoms with Gasteiger partial charge >= 0.3 is 29.6 Å². The fourth-order valence-corrected chi connectivity index (χ4v) is 2.04. The molecule has 0 aromatic carbocycles. The van der Waals surface area contributed by atoms with Gasteiger partial charge in [0.15, 0.2) is 4.93 Å². The van der Waals surface area contributed by atoms with Crippen LogP contribution in [0.4, 0.5) is 0 Å². The van der Waals surface area contributed by atoms with Crippen molar-refractivity contribution in [3.8, 4) is 0 Å². The molecule has 1 fully saturated rings. The predicted octanol–water partition coefficient (Wildman–Crippen LogP) is -3.72. The Morgan fingerprint density at radius 3 is 2.31 bits per heavy atom. The van der Waals surface area contributed by atoms with Crippen LogP contribution in [0.3, 0.4) is 0 Å². The van der Waals surface area contributed by atoms with E-state index in [0.717, 1.165) is 0 Å². The molecule has 0 aromatic heterocycles. The van der Waals surface area contributed by atoms with Gasteiger partial charge in [-0.2, -0.15) is 0 Å². The van der Waals surface area contributed by atoms with Crippen LogP contribution in [0.5, 0.6) is 0 Å². The summed E-state index contributed by atoms with van der Waals surface area (Å²) in [5.41, 5.74) is 0. The van der Waals surface area contributed by atoms with Crippen LogP contribution < -0.4 is 29.6 Å². The Morgan fingerprint density at radius 2 is 2.08 bits per heavy atom. The fourth-order valence-electron chi connectivity index (χ4n) is 1.14. The summed E-state index contributed by atoms with van der Waals surface area (Å²) in [6.45, 7) is -0.441. The van der Waals surface area contributed by atoms with Crippen molar-refractivity contribution in [2.45, 2.75) is 17.8 Å². The molecule has 1 rings (SSSR count). The van der Waals surface area contributed by atoms with Gasteiger partial charge in [0.25, 0.3) is 0 Å². The smallest absolute Gasteiger partial charge is 0.746 e. The summed E-state index contributed by atoms with van der Waals surface area (Å²) in [6, 6.07) is 0. The standard InChI is InChI=1S/C6H12O5S.Na/c1-11-4-6(7,5-2-3-5)12(8,9)10;/h5,7H,2-4H2,1H3,(H,8,9,10);/q;+1/p-1. The van der Waals surface area contributed by atoms with Gasteiger partial charge in [0.05, 0.1) is 6.61 Å². The van der Waals surface area contributed by atoms with E-state index in [0.29, 0.717) is 12.8 Å². The molecule has 1 saturated carbocycles. The molecule has 7 heteroatoms. The molecule has 0 heterocycles. The minimum atomic E-state index is -4.68. The van der Waals surface area contributed by atoms with E-state index in [1.807, 2.05) is 0 Å². The maximum atomic E-state index is 10.6. The first-order valence-electron chi connectivity index (χ1n) is 3.58. The predicted molar refractivity (Wildman–Crippen MR) is 39.2 cm³/mol. The second-order valence-electron chi connectivity index (χ2n) is 3.01. The molecule has 0 spiro atoms. The summed E-state index contributed by atoms with van der Waals surface area (Å²) in [7, 11) is -3.43. The molecule has 0 saturated heterocycles. The van der Waals surface area contributed by atoms with Crippen LogP contribution in [0.15, 0.2) is 0 Å². The molecule has 5 nitrogen and oxygen atoms in total. The normalized spacial score (nSPS) is 21.8. The molecule has 0 amide bonds. The van der Waals surface area contributed by atoms with Crippen molar-refractivity contribution in [3.05, 3.63) is 0 Å². The molecule has 1 aliphatic rings. The Labute approximate surface area is 99.5 Å². The van der Waals surface area contributed by atoms with Gasteiger partial charge in [-0.25, -0.2) is 8.42 Å². The summed E-state index contributed by atoms with van der Waals surface area (Å²) in [5.74, 6) is -0.444. The Balaban J connectivity index is 0.00000144. The van der Waals surface area contributed by atoms with Crippen molar-refractivity contribution in [3.63, 3.8) is 0 Å². The van der Waals surface area contributed by atoms with Crippen LogP contribution in [-0.2, 0) is 14.9 Å². The van der Waals surface area contributed by atoms with Crippen molar-refractivity contribution in [2.24, 2.45) is 5.92 Å². The molecule has 0 bridgehead atoms. The monoisotopic (exact) mass is 218 g/mol. The number of methoxy groups -OCH3 is 1. The number of hydrogen-bond donors (Lipinski definition) is 1. The van der Waals surface area contributed by atoms with E-state index in [2.05, 4.69) is 4.74 Å². The number of ether oxygens (including phenoxy) is 1. The van der Waals surface area contributed by atoms with E-state index < -0.39 is 27.6 Å². The van der Waals surface area contributed by atoms with Crippen molar-refractivity contribution >= 4 is 10.1 Å². The average molecular weight is 218 g/mol. The maximum Gasteiger partial charge on any atom is 1.00 e. The van der Waals surface area contributed by atoms with Gasteiger partial charge in [-0.05, 0) is 12.8 Å². The number of hydrogen-bond acceptors (Lipinski definition) is 5. The van der Waals surface area contributed by atoms with E-state index in [9.17, 15) is 18.1 Å². The Kier molecular flexibility index (Phi) is 4.86. The van der Waals surface area contributed by atoms with Gasteiger partial charge in [-0.15, -0.1) is 0 Å². The zero-order valence-corrected chi connectivity index (χ0v) is 10.5. The first-order chi connectivity index (χ1) is 5.42. The molecule has 1 N–H and O–H groups in total. The quantitative estimate of drug-likeness (QED) is 0.387. The molecular weight excluding hydrogens is 207 g/mol. The van der Waals surface area contributed by atoms with Gasteiger partial charge in [0.1, 0.15) is 10.1 Å². The summed E-state index contributed by atoms with van der Waals surface area (Å²) in [6.07, 6.45) is 1.14. The third-order valence-corrected chi connectivity index (χ3v) is 3.32. The number of aliphatic hydroxyl groups is 1. The molecule has 1 unspecified atom stereocenters. The van der Waals surface area contributed by atoms with Crippen molar-refractivity contribution in [1.82, 2.24) is 0 Å². The summed E-state index contributed by atoms with van der Waals surface area (Å²) >= 11 is 0. The molecule has 0 radical (unpaired) electrons. The van der Waals surface area contributed by atoms with Crippen molar-refractivity contribution < 1.29 is 52.4 Å². The van der Waals surface area contributed by atoms with Crippen LogP contribution in [0.25, 0.3) is 0 Å². The van der Waals surface area contributed by atoms with Gasteiger partial charge in [-0.3, -0.25) is 0 Å². The first-order valence-corrected chi connectivity index (χ1v) is 4.99. The largest absolute Gasteiger partial charge is 1.00 e. The van der Waals surface area contributed by atoms with Gasteiger partial charge in [0, 0.05) is 13.0 Å². The van der Waals surface area contributed by atoms with Crippen LogP contribution in [0.2, 0.25) is 0 Å². The van der Waals surface area contributed by atoms with E-state index in [1.54, 1.807) is 0 Å². The van der Waals surface area contributed by atoms with E-state index in [-0.39, 0.29) is 29.6 Å². The molecule has 0 aliphatic heterocycles. The maximum absolute atomic E-state index is 10.6. The second kappa shape index (κ2) is 4.57. The molecule has 1 aliphatic carbocycles. The zero-order chi connectivity index (χ0) is 9.41. The van der Waals surface area contributed by atoms with Crippen LogP contribution in [-0.4, -0.2) is 36.7 Å². The van der Waals surface area contributed by atoms with Crippen LogP contribution in [0, 0.1) is 5.92 Å². The molecule has 13 heavy (non-hydrogen) atoms.